The lowest BCUT2D eigenvalue weighted by atomic mass is 9.92. The Labute approximate surface area is 75.7 Å². The minimum absolute atomic E-state index is 0.610. The molecule has 0 saturated heterocycles. The topological polar surface area (TPSA) is 0 Å². The normalized spacial score (nSPS) is 24.9. The molecule has 0 amide bonds. The van der Waals surface area contributed by atoms with Gasteiger partial charge in [0.05, 0.1) is 0 Å². The SMILES string of the molecule is CC1=CC=C(C)C(C)C(C)=C1C. The molecule has 0 N–H and O–H groups in total. The summed E-state index contributed by atoms with van der Waals surface area (Å²) in [6.45, 7) is 11.1. The quantitative estimate of drug-likeness (QED) is 0.507. The van der Waals surface area contributed by atoms with E-state index in [-0.39, 0.29) is 0 Å². The van der Waals surface area contributed by atoms with Gasteiger partial charge in [-0.2, -0.15) is 0 Å². The van der Waals surface area contributed by atoms with E-state index in [1.54, 1.807) is 0 Å². The molecule has 1 unspecified atom stereocenters. The van der Waals surface area contributed by atoms with Gasteiger partial charge in [-0.15, -0.1) is 0 Å². The molecule has 0 fully saturated rings. The number of hydrogen-bond acceptors (Lipinski definition) is 0. The summed E-state index contributed by atoms with van der Waals surface area (Å²) in [5.74, 6) is 0.610. The third-order valence-electron chi connectivity index (χ3n) is 3.11. The van der Waals surface area contributed by atoms with E-state index in [1.165, 1.54) is 22.3 Å². The van der Waals surface area contributed by atoms with E-state index in [1.807, 2.05) is 0 Å². The monoisotopic (exact) mass is 162 g/mol. The van der Waals surface area contributed by atoms with Crippen molar-refractivity contribution in [3.63, 3.8) is 0 Å². The molecule has 0 aromatic rings. The summed E-state index contributed by atoms with van der Waals surface area (Å²) >= 11 is 0. The van der Waals surface area contributed by atoms with Gasteiger partial charge < -0.3 is 0 Å². The van der Waals surface area contributed by atoms with Gasteiger partial charge in [0.25, 0.3) is 0 Å². The first-order valence-corrected chi connectivity index (χ1v) is 4.57. The Hall–Kier alpha value is -0.780. The zero-order valence-corrected chi connectivity index (χ0v) is 8.73. The van der Waals surface area contributed by atoms with E-state index in [0.717, 1.165) is 0 Å². The van der Waals surface area contributed by atoms with Crippen molar-refractivity contribution in [1.29, 1.82) is 0 Å². The fourth-order valence-electron chi connectivity index (χ4n) is 1.50. The molecular weight excluding hydrogens is 144 g/mol. The molecular formula is C12H18. The van der Waals surface area contributed by atoms with Crippen LogP contribution in [0.3, 0.4) is 0 Å². The van der Waals surface area contributed by atoms with Crippen LogP contribution in [0.4, 0.5) is 0 Å². The van der Waals surface area contributed by atoms with Gasteiger partial charge in [0.1, 0.15) is 0 Å². The van der Waals surface area contributed by atoms with E-state index in [9.17, 15) is 0 Å². The van der Waals surface area contributed by atoms with E-state index in [2.05, 4.69) is 46.8 Å². The standard InChI is InChI=1S/C12H18/c1-8-6-7-9(2)11(4)12(5)10(8)3/h6-7,10H,1-5H3. The van der Waals surface area contributed by atoms with Crippen molar-refractivity contribution >= 4 is 0 Å². The summed E-state index contributed by atoms with van der Waals surface area (Å²) in [6, 6.07) is 0. The summed E-state index contributed by atoms with van der Waals surface area (Å²) in [6.07, 6.45) is 4.46. The Morgan fingerprint density at radius 2 is 1.58 bits per heavy atom. The Balaban J connectivity index is 3.18. The Morgan fingerprint density at radius 1 is 1.00 bits per heavy atom. The fourth-order valence-corrected chi connectivity index (χ4v) is 1.50. The van der Waals surface area contributed by atoms with Gasteiger partial charge in [0.15, 0.2) is 0 Å². The van der Waals surface area contributed by atoms with Crippen molar-refractivity contribution in [3.05, 3.63) is 34.4 Å². The van der Waals surface area contributed by atoms with Crippen LogP contribution in [0.2, 0.25) is 0 Å². The number of hydrogen-bond donors (Lipinski definition) is 0. The first kappa shape index (κ1) is 9.31. The van der Waals surface area contributed by atoms with Gasteiger partial charge in [-0.25, -0.2) is 0 Å². The van der Waals surface area contributed by atoms with Gasteiger partial charge >= 0.3 is 0 Å². The summed E-state index contributed by atoms with van der Waals surface area (Å²) in [7, 11) is 0. The van der Waals surface area contributed by atoms with Crippen LogP contribution in [0, 0.1) is 5.92 Å². The highest BCUT2D eigenvalue weighted by atomic mass is 14.2. The molecule has 0 nitrogen and oxygen atoms in total. The molecule has 66 valence electrons. The van der Waals surface area contributed by atoms with Crippen LogP contribution < -0.4 is 0 Å². The van der Waals surface area contributed by atoms with Gasteiger partial charge in [0.2, 0.25) is 0 Å². The average molecular weight is 162 g/mol. The predicted molar refractivity (Wildman–Crippen MR) is 55.1 cm³/mol. The lowest BCUT2D eigenvalue weighted by molar-refractivity contribution is 0.792. The minimum atomic E-state index is 0.610. The predicted octanol–water partition coefficient (Wildman–Crippen LogP) is 3.87. The molecule has 0 radical (unpaired) electrons. The molecule has 0 aliphatic heterocycles. The molecule has 0 heterocycles. The second-order valence-corrected chi connectivity index (χ2v) is 3.79. The second-order valence-electron chi connectivity index (χ2n) is 3.79. The van der Waals surface area contributed by atoms with E-state index in [0.29, 0.717) is 5.92 Å². The molecule has 1 aliphatic carbocycles. The van der Waals surface area contributed by atoms with Crippen molar-refractivity contribution in [2.24, 2.45) is 5.92 Å². The maximum Gasteiger partial charge on any atom is -0.00180 e. The van der Waals surface area contributed by atoms with Gasteiger partial charge in [-0.05, 0) is 44.8 Å². The molecule has 1 rings (SSSR count). The van der Waals surface area contributed by atoms with Crippen molar-refractivity contribution < 1.29 is 0 Å². The van der Waals surface area contributed by atoms with Crippen LogP contribution in [0.5, 0.6) is 0 Å². The first-order chi connectivity index (χ1) is 5.54. The Bertz CT molecular complexity index is 274. The molecule has 0 saturated carbocycles. The van der Waals surface area contributed by atoms with E-state index >= 15 is 0 Å². The van der Waals surface area contributed by atoms with Crippen molar-refractivity contribution in [2.75, 3.05) is 0 Å². The summed E-state index contributed by atoms with van der Waals surface area (Å²) in [5, 5.41) is 0. The third-order valence-corrected chi connectivity index (χ3v) is 3.11. The van der Waals surface area contributed by atoms with Crippen LogP contribution in [0.15, 0.2) is 34.4 Å². The van der Waals surface area contributed by atoms with Crippen molar-refractivity contribution in [1.82, 2.24) is 0 Å². The largest absolute Gasteiger partial charge is 0.0664 e. The third kappa shape index (κ3) is 1.52. The van der Waals surface area contributed by atoms with Crippen LogP contribution in [-0.4, -0.2) is 0 Å². The smallest absolute Gasteiger partial charge is 0.00180 e. The minimum Gasteiger partial charge on any atom is -0.0664 e. The number of allylic oxidation sites excluding steroid dienone is 6. The van der Waals surface area contributed by atoms with Gasteiger partial charge in [-0.3, -0.25) is 0 Å². The second kappa shape index (κ2) is 3.30. The summed E-state index contributed by atoms with van der Waals surface area (Å²) < 4.78 is 0. The Kier molecular flexibility index (Phi) is 2.56. The highest BCUT2D eigenvalue weighted by Crippen LogP contribution is 2.28. The lowest BCUT2D eigenvalue weighted by Gasteiger charge is -2.14. The molecule has 0 bridgehead atoms. The maximum absolute atomic E-state index is 2.27. The zero-order chi connectivity index (χ0) is 9.30. The fraction of sp³-hybridized carbons (Fsp3) is 0.500. The molecule has 0 aromatic heterocycles. The van der Waals surface area contributed by atoms with Crippen molar-refractivity contribution in [3.8, 4) is 0 Å². The van der Waals surface area contributed by atoms with Crippen LogP contribution in [0.25, 0.3) is 0 Å². The molecule has 0 spiro atoms. The van der Waals surface area contributed by atoms with E-state index in [4.69, 9.17) is 0 Å². The molecule has 1 aliphatic rings. The van der Waals surface area contributed by atoms with Crippen LogP contribution in [0.1, 0.15) is 34.6 Å². The number of rotatable bonds is 0. The summed E-state index contributed by atoms with van der Waals surface area (Å²) in [5.41, 5.74) is 5.82. The molecule has 0 aromatic carbocycles. The highest BCUT2D eigenvalue weighted by Gasteiger charge is 2.11. The average Bonchev–Trinajstić information content (AvgIpc) is 2.14. The molecule has 12 heavy (non-hydrogen) atoms. The highest BCUT2D eigenvalue weighted by molar-refractivity contribution is 5.40. The van der Waals surface area contributed by atoms with E-state index < -0.39 is 0 Å². The lowest BCUT2D eigenvalue weighted by Crippen LogP contribution is -1.99. The zero-order valence-electron chi connectivity index (χ0n) is 8.73. The van der Waals surface area contributed by atoms with Gasteiger partial charge in [-0.1, -0.05) is 30.2 Å². The maximum atomic E-state index is 2.27. The first-order valence-electron chi connectivity index (χ1n) is 4.57. The van der Waals surface area contributed by atoms with Crippen LogP contribution >= 0.6 is 0 Å². The van der Waals surface area contributed by atoms with Gasteiger partial charge in [0, 0.05) is 0 Å². The molecule has 1 atom stereocenters. The summed E-state index contributed by atoms with van der Waals surface area (Å²) in [4.78, 5) is 0. The van der Waals surface area contributed by atoms with Crippen molar-refractivity contribution in [2.45, 2.75) is 34.6 Å². The molecule has 0 heteroatoms. The Morgan fingerprint density at radius 3 is 2.17 bits per heavy atom. The van der Waals surface area contributed by atoms with Crippen LogP contribution in [-0.2, 0) is 0 Å².